The fourth-order valence-corrected chi connectivity index (χ4v) is 3.79. The zero-order valence-corrected chi connectivity index (χ0v) is 16.6. The summed E-state index contributed by atoms with van der Waals surface area (Å²) < 4.78 is 16.9. The average molecular weight is 391 g/mol. The second-order valence-electron chi connectivity index (χ2n) is 7.87. The highest BCUT2D eigenvalue weighted by Gasteiger charge is 2.30. The summed E-state index contributed by atoms with van der Waals surface area (Å²) in [5, 5.41) is 4.10. The van der Waals surface area contributed by atoms with Crippen LogP contribution in [0.15, 0.2) is 53.1 Å². The molecule has 6 heteroatoms. The molecule has 2 heterocycles. The van der Waals surface area contributed by atoms with E-state index in [1.807, 2.05) is 36.4 Å². The van der Waals surface area contributed by atoms with E-state index in [1.54, 1.807) is 7.11 Å². The fourth-order valence-electron chi connectivity index (χ4n) is 3.79. The number of hydrogen-bond acceptors (Lipinski definition) is 6. The van der Waals surface area contributed by atoms with Gasteiger partial charge in [-0.3, -0.25) is 4.90 Å². The molecule has 29 heavy (non-hydrogen) atoms. The third kappa shape index (κ3) is 4.27. The SMILES string of the molecule is COc1cccc(CN2CCC(Oc3ccc(-c4noc(C5CC5)n4)cc3)C2)c1. The molecule has 1 unspecified atom stereocenters. The molecule has 0 bridgehead atoms. The van der Waals surface area contributed by atoms with Gasteiger partial charge in [0.1, 0.15) is 17.6 Å². The molecular formula is C23H25N3O3. The van der Waals surface area contributed by atoms with Crippen molar-refractivity contribution >= 4 is 0 Å². The van der Waals surface area contributed by atoms with Gasteiger partial charge in [0.05, 0.1) is 7.11 Å². The van der Waals surface area contributed by atoms with Crippen LogP contribution in [0, 0.1) is 0 Å². The molecule has 1 aliphatic carbocycles. The van der Waals surface area contributed by atoms with Crippen molar-refractivity contribution in [3.63, 3.8) is 0 Å². The number of methoxy groups -OCH3 is 1. The first-order valence-corrected chi connectivity index (χ1v) is 10.2. The van der Waals surface area contributed by atoms with Gasteiger partial charge in [-0.05, 0) is 61.2 Å². The Morgan fingerprint density at radius 1 is 1.07 bits per heavy atom. The van der Waals surface area contributed by atoms with Crippen LogP contribution in [0.1, 0.15) is 36.6 Å². The first-order valence-electron chi connectivity index (χ1n) is 10.2. The summed E-state index contributed by atoms with van der Waals surface area (Å²) >= 11 is 0. The lowest BCUT2D eigenvalue weighted by Crippen LogP contribution is -2.24. The Morgan fingerprint density at radius 2 is 1.93 bits per heavy atom. The van der Waals surface area contributed by atoms with E-state index in [4.69, 9.17) is 14.0 Å². The van der Waals surface area contributed by atoms with Gasteiger partial charge in [-0.25, -0.2) is 0 Å². The predicted molar refractivity (Wildman–Crippen MR) is 109 cm³/mol. The number of aromatic nitrogens is 2. The van der Waals surface area contributed by atoms with Crippen LogP contribution in [0.5, 0.6) is 11.5 Å². The molecule has 1 atom stereocenters. The molecule has 0 amide bonds. The molecule has 1 aromatic heterocycles. The van der Waals surface area contributed by atoms with Crippen molar-refractivity contribution < 1.29 is 14.0 Å². The minimum atomic E-state index is 0.207. The van der Waals surface area contributed by atoms with Crippen LogP contribution in [0.2, 0.25) is 0 Å². The first kappa shape index (κ1) is 18.2. The first-order chi connectivity index (χ1) is 14.3. The van der Waals surface area contributed by atoms with Gasteiger partial charge < -0.3 is 14.0 Å². The minimum Gasteiger partial charge on any atom is -0.497 e. The minimum absolute atomic E-state index is 0.207. The second kappa shape index (κ2) is 7.87. The van der Waals surface area contributed by atoms with Crippen molar-refractivity contribution in [3.05, 3.63) is 60.0 Å². The summed E-state index contributed by atoms with van der Waals surface area (Å²) in [7, 11) is 1.70. The zero-order valence-electron chi connectivity index (χ0n) is 16.6. The van der Waals surface area contributed by atoms with Crippen LogP contribution in [-0.4, -0.2) is 41.3 Å². The van der Waals surface area contributed by atoms with Gasteiger partial charge in [-0.15, -0.1) is 0 Å². The van der Waals surface area contributed by atoms with Crippen LogP contribution in [0.25, 0.3) is 11.4 Å². The Kier molecular flexibility index (Phi) is 4.94. The molecule has 6 nitrogen and oxygen atoms in total. The lowest BCUT2D eigenvalue weighted by atomic mass is 10.2. The van der Waals surface area contributed by atoms with Gasteiger partial charge in [-0.1, -0.05) is 17.3 Å². The van der Waals surface area contributed by atoms with Gasteiger partial charge in [0.2, 0.25) is 11.7 Å². The number of rotatable bonds is 7. The maximum Gasteiger partial charge on any atom is 0.230 e. The summed E-state index contributed by atoms with van der Waals surface area (Å²) in [6.45, 7) is 2.87. The normalized spacial score (nSPS) is 19.4. The summed E-state index contributed by atoms with van der Waals surface area (Å²) in [4.78, 5) is 6.93. The Morgan fingerprint density at radius 3 is 2.72 bits per heavy atom. The van der Waals surface area contributed by atoms with Crippen LogP contribution in [0.3, 0.4) is 0 Å². The quantitative estimate of drug-likeness (QED) is 0.599. The van der Waals surface area contributed by atoms with Crippen molar-refractivity contribution in [1.29, 1.82) is 0 Å². The largest absolute Gasteiger partial charge is 0.497 e. The smallest absolute Gasteiger partial charge is 0.230 e. The molecule has 1 aliphatic heterocycles. The summed E-state index contributed by atoms with van der Waals surface area (Å²) in [5.74, 6) is 3.68. The molecule has 0 spiro atoms. The molecule has 150 valence electrons. The summed E-state index contributed by atoms with van der Waals surface area (Å²) in [5.41, 5.74) is 2.22. The predicted octanol–water partition coefficient (Wildman–Crippen LogP) is 4.28. The van der Waals surface area contributed by atoms with Gasteiger partial charge >= 0.3 is 0 Å². The van der Waals surface area contributed by atoms with E-state index >= 15 is 0 Å². The van der Waals surface area contributed by atoms with Gasteiger partial charge in [0.15, 0.2) is 0 Å². The molecule has 1 saturated carbocycles. The third-order valence-corrected chi connectivity index (χ3v) is 5.55. The van der Waals surface area contributed by atoms with Crippen LogP contribution < -0.4 is 9.47 Å². The average Bonchev–Trinajstić information content (AvgIpc) is 3.32. The lowest BCUT2D eigenvalue weighted by molar-refractivity contribution is 0.198. The van der Waals surface area contributed by atoms with E-state index < -0.39 is 0 Å². The van der Waals surface area contributed by atoms with Gasteiger partial charge in [-0.2, -0.15) is 4.98 Å². The number of hydrogen-bond donors (Lipinski definition) is 0. The molecule has 2 aliphatic rings. The van der Waals surface area contributed by atoms with Crippen molar-refractivity contribution in [2.24, 2.45) is 0 Å². The topological polar surface area (TPSA) is 60.6 Å². The maximum absolute atomic E-state index is 6.20. The number of ether oxygens (including phenoxy) is 2. The molecule has 2 fully saturated rings. The van der Waals surface area contributed by atoms with Crippen LogP contribution in [0.4, 0.5) is 0 Å². The van der Waals surface area contributed by atoms with Gasteiger partial charge in [0.25, 0.3) is 0 Å². The highest BCUT2D eigenvalue weighted by molar-refractivity contribution is 5.55. The lowest BCUT2D eigenvalue weighted by Gasteiger charge is -2.17. The summed E-state index contributed by atoms with van der Waals surface area (Å²) in [6.07, 6.45) is 3.55. The van der Waals surface area contributed by atoms with E-state index in [9.17, 15) is 0 Å². The highest BCUT2D eigenvalue weighted by Crippen LogP contribution is 2.39. The Bertz CT molecular complexity index is 966. The van der Waals surface area contributed by atoms with Crippen LogP contribution >= 0.6 is 0 Å². The Balaban J connectivity index is 1.16. The standard InChI is InChI=1S/C23H25N3O3/c1-27-20-4-2-3-16(13-20)14-26-12-11-21(15-26)28-19-9-7-17(8-10-19)22-24-23(29-25-22)18-5-6-18/h2-4,7-10,13,18,21H,5-6,11-12,14-15H2,1H3. The second-order valence-corrected chi connectivity index (χ2v) is 7.87. The van der Waals surface area contributed by atoms with Crippen LogP contribution in [-0.2, 0) is 6.54 Å². The Hall–Kier alpha value is -2.86. The van der Waals surface area contributed by atoms with E-state index in [2.05, 4.69) is 27.2 Å². The third-order valence-electron chi connectivity index (χ3n) is 5.55. The number of nitrogens with zero attached hydrogens (tertiary/aromatic N) is 3. The maximum atomic E-state index is 6.20. The fraction of sp³-hybridized carbons (Fsp3) is 0.391. The van der Waals surface area contributed by atoms with Crippen molar-refractivity contribution in [2.75, 3.05) is 20.2 Å². The van der Waals surface area contributed by atoms with Gasteiger partial charge in [0, 0.05) is 31.1 Å². The van der Waals surface area contributed by atoms with E-state index in [0.717, 1.165) is 61.8 Å². The molecule has 0 N–H and O–H groups in total. The van der Waals surface area contributed by atoms with Crippen molar-refractivity contribution in [2.45, 2.75) is 37.8 Å². The number of benzene rings is 2. The zero-order chi connectivity index (χ0) is 19.6. The molecule has 0 radical (unpaired) electrons. The molecule has 1 saturated heterocycles. The molecular weight excluding hydrogens is 366 g/mol. The Labute approximate surface area is 170 Å². The molecule has 3 aromatic rings. The van der Waals surface area contributed by atoms with E-state index in [0.29, 0.717) is 11.7 Å². The van der Waals surface area contributed by atoms with Crippen molar-refractivity contribution in [3.8, 4) is 22.9 Å². The molecule has 5 rings (SSSR count). The monoisotopic (exact) mass is 391 g/mol. The van der Waals surface area contributed by atoms with E-state index in [-0.39, 0.29) is 6.10 Å². The summed E-state index contributed by atoms with van der Waals surface area (Å²) in [6, 6.07) is 16.2. The molecule has 2 aromatic carbocycles. The van der Waals surface area contributed by atoms with E-state index in [1.165, 1.54) is 5.56 Å². The number of likely N-dealkylation sites (tertiary alicyclic amines) is 1. The van der Waals surface area contributed by atoms with Crippen molar-refractivity contribution in [1.82, 2.24) is 15.0 Å². The highest BCUT2D eigenvalue weighted by atomic mass is 16.5.